The minimum Gasteiger partial charge on any atom is -0.480 e. The molecule has 2 rings (SSSR count). The number of aliphatic carboxylic acids is 2. The molecule has 1 aliphatic carbocycles. The smallest absolute Gasteiger partial charge is 0.328 e. The van der Waals surface area contributed by atoms with Gasteiger partial charge in [0.05, 0.1) is 6.54 Å². The van der Waals surface area contributed by atoms with Crippen LogP contribution in [0.1, 0.15) is 33.1 Å². The molecule has 8 nitrogen and oxygen atoms in total. The molecule has 1 fully saturated rings. The highest BCUT2D eigenvalue weighted by atomic mass is 16.4. The van der Waals surface area contributed by atoms with Crippen LogP contribution in [0.4, 0.5) is 0 Å². The lowest BCUT2D eigenvalue weighted by Gasteiger charge is -2.21. The fourth-order valence-electron chi connectivity index (χ4n) is 2.66. The van der Waals surface area contributed by atoms with E-state index < -0.39 is 24.0 Å². The first-order valence-electron chi connectivity index (χ1n) is 8.25. The molecule has 24 heavy (non-hydrogen) atoms. The summed E-state index contributed by atoms with van der Waals surface area (Å²) in [7, 11) is 0. The first-order chi connectivity index (χ1) is 11.3. The molecule has 0 spiro atoms. The number of carbonyl (C=O) groups is 2. The van der Waals surface area contributed by atoms with Crippen LogP contribution in [0.15, 0.2) is 17.2 Å². The third-order valence-electron chi connectivity index (χ3n) is 4.15. The zero-order valence-electron chi connectivity index (χ0n) is 14.0. The third-order valence-corrected chi connectivity index (χ3v) is 4.15. The molecule has 0 aliphatic heterocycles. The Balaban J connectivity index is 2.07. The molecular formula is C16H25N3O5. The maximum Gasteiger partial charge on any atom is 0.328 e. The van der Waals surface area contributed by atoms with Crippen molar-refractivity contribution in [2.24, 2.45) is 11.8 Å². The lowest BCUT2D eigenvalue weighted by atomic mass is 10.0. The number of aromatic nitrogens is 2. The Hall–Kier alpha value is -2.09. The highest BCUT2D eigenvalue weighted by Gasteiger charge is 2.28. The molecule has 1 saturated carbocycles. The molecule has 0 amide bonds. The van der Waals surface area contributed by atoms with Crippen LogP contribution in [-0.4, -0.2) is 43.4 Å². The summed E-state index contributed by atoms with van der Waals surface area (Å²) in [5.74, 6) is -1.62. The molecule has 0 saturated heterocycles. The van der Waals surface area contributed by atoms with Gasteiger partial charge in [0.15, 0.2) is 0 Å². The minimum atomic E-state index is -1.17. The molecule has 1 unspecified atom stereocenters. The van der Waals surface area contributed by atoms with Crippen molar-refractivity contribution >= 4 is 11.9 Å². The van der Waals surface area contributed by atoms with Crippen LogP contribution < -0.4 is 11.0 Å². The zero-order chi connectivity index (χ0) is 17.9. The standard InChI is InChI=1S/C16H25N3O5/c1-10(2)7-12(14(20)21)17-13(15(22)23)9-19-6-5-18(16(19)24)8-11-3-4-11/h5-6,10-13,17H,3-4,7-9H2,1-2H3,(H,20,21)(H,22,23)/t12-,13?/m0/s1. The quantitative estimate of drug-likeness (QED) is 0.575. The Morgan fingerprint density at radius 3 is 2.25 bits per heavy atom. The summed E-state index contributed by atoms with van der Waals surface area (Å²) >= 11 is 0. The van der Waals surface area contributed by atoms with Crippen molar-refractivity contribution in [3.8, 4) is 0 Å². The summed E-state index contributed by atoms with van der Waals surface area (Å²) in [5.41, 5.74) is -0.259. The van der Waals surface area contributed by atoms with E-state index in [-0.39, 0.29) is 18.2 Å². The second-order valence-corrected chi connectivity index (χ2v) is 6.91. The number of hydrogen-bond acceptors (Lipinski definition) is 4. The van der Waals surface area contributed by atoms with Gasteiger partial charge in [-0.05, 0) is 31.1 Å². The van der Waals surface area contributed by atoms with Crippen LogP contribution in [0.2, 0.25) is 0 Å². The van der Waals surface area contributed by atoms with Gasteiger partial charge < -0.3 is 10.2 Å². The summed E-state index contributed by atoms with van der Waals surface area (Å²) < 4.78 is 2.90. The molecule has 0 radical (unpaired) electrons. The molecule has 2 atom stereocenters. The van der Waals surface area contributed by atoms with Crippen molar-refractivity contribution in [1.82, 2.24) is 14.5 Å². The van der Waals surface area contributed by atoms with E-state index in [1.165, 1.54) is 4.57 Å². The predicted octanol–water partition coefficient (Wildman–Crippen LogP) is 0.602. The number of hydrogen-bond donors (Lipinski definition) is 3. The average Bonchev–Trinajstić information content (AvgIpc) is 3.23. The second-order valence-electron chi connectivity index (χ2n) is 6.91. The molecule has 8 heteroatoms. The Bertz CT molecular complexity index is 644. The van der Waals surface area contributed by atoms with Crippen molar-refractivity contribution < 1.29 is 19.8 Å². The molecule has 0 bridgehead atoms. The first kappa shape index (κ1) is 18.3. The molecule has 1 heterocycles. The number of nitrogens with one attached hydrogen (secondary N) is 1. The van der Waals surface area contributed by atoms with Crippen LogP contribution in [-0.2, 0) is 22.7 Å². The Labute approximate surface area is 140 Å². The summed E-state index contributed by atoms with van der Waals surface area (Å²) in [6.07, 6.45) is 5.76. The van der Waals surface area contributed by atoms with Crippen LogP contribution in [0.25, 0.3) is 0 Å². The van der Waals surface area contributed by atoms with E-state index in [4.69, 9.17) is 0 Å². The molecule has 0 aromatic carbocycles. The first-order valence-corrected chi connectivity index (χ1v) is 8.25. The number of rotatable bonds is 10. The van der Waals surface area contributed by atoms with Crippen molar-refractivity contribution in [3.05, 3.63) is 22.9 Å². The van der Waals surface area contributed by atoms with Gasteiger partial charge in [-0.3, -0.25) is 24.0 Å². The molecular weight excluding hydrogens is 314 g/mol. The van der Waals surface area contributed by atoms with E-state index in [1.54, 1.807) is 17.0 Å². The molecule has 1 aromatic heterocycles. The van der Waals surface area contributed by atoms with E-state index in [0.717, 1.165) is 12.8 Å². The fourth-order valence-corrected chi connectivity index (χ4v) is 2.66. The van der Waals surface area contributed by atoms with E-state index in [9.17, 15) is 24.6 Å². The Kier molecular flexibility index (Phi) is 5.82. The van der Waals surface area contributed by atoms with Gasteiger partial charge in [-0.15, -0.1) is 0 Å². The number of imidazole rings is 1. The topological polar surface area (TPSA) is 114 Å². The van der Waals surface area contributed by atoms with Gasteiger partial charge in [-0.1, -0.05) is 13.8 Å². The summed E-state index contributed by atoms with van der Waals surface area (Å²) in [6.45, 7) is 4.29. The Morgan fingerprint density at radius 1 is 1.17 bits per heavy atom. The molecule has 3 N–H and O–H groups in total. The highest BCUT2D eigenvalue weighted by molar-refractivity contribution is 5.77. The lowest BCUT2D eigenvalue weighted by molar-refractivity contribution is -0.143. The maximum atomic E-state index is 12.3. The van der Waals surface area contributed by atoms with Gasteiger partial charge in [-0.25, -0.2) is 4.79 Å². The Morgan fingerprint density at radius 2 is 1.75 bits per heavy atom. The van der Waals surface area contributed by atoms with E-state index in [1.807, 2.05) is 13.8 Å². The number of carboxylic acids is 2. The van der Waals surface area contributed by atoms with E-state index >= 15 is 0 Å². The maximum absolute atomic E-state index is 12.3. The van der Waals surface area contributed by atoms with Gasteiger partial charge in [0.25, 0.3) is 0 Å². The van der Waals surface area contributed by atoms with E-state index in [0.29, 0.717) is 18.9 Å². The SMILES string of the molecule is CC(C)C[C@H](NC(Cn1ccn(CC2CC2)c1=O)C(=O)O)C(=O)O. The molecule has 1 aliphatic rings. The minimum absolute atomic E-state index is 0.103. The van der Waals surface area contributed by atoms with Gasteiger partial charge in [-0.2, -0.15) is 0 Å². The predicted molar refractivity (Wildman–Crippen MR) is 86.9 cm³/mol. The van der Waals surface area contributed by atoms with Crippen molar-refractivity contribution in [3.63, 3.8) is 0 Å². The average molecular weight is 339 g/mol. The van der Waals surface area contributed by atoms with Crippen molar-refractivity contribution in [2.45, 2.75) is 58.3 Å². The second kappa shape index (κ2) is 7.65. The lowest BCUT2D eigenvalue weighted by Crippen LogP contribution is -2.50. The largest absolute Gasteiger partial charge is 0.480 e. The van der Waals surface area contributed by atoms with Crippen LogP contribution in [0.5, 0.6) is 0 Å². The van der Waals surface area contributed by atoms with Gasteiger partial charge in [0, 0.05) is 18.9 Å². The molecule has 1 aromatic rings. The monoisotopic (exact) mass is 339 g/mol. The van der Waals surface area contributed by atoms with Gasteiger partial charge in [0.2, 0.25) is 0 Å². The van der Waals surface area contributed by atoms with Gasteiger partial charge in [0.1, 0.15) is 12.1 Å². The zero-order valence-corrected chi connectivity index (χ0v) is 14.0. The van der Waals surface area contributed by atoms with Crippen LogP contribution in [0, 0.1) is 11.8 Å². The normalized spacial score (nSPS) is 17.0. The van der Waals surface area contributed by atoms with Crippen molar-refractivity contribution in [2.75, 3.05) is 0 Å². The summed E-state index contributed by atoms with van der Waals surface area (Å²) in [4.78, 5) is 35.1. The summed E-state index contributed by atoms with van der Waals surface area (Å²) in [5, 5.41) is 21.3. The van der Waals surface area contributed by atoms with E-state index in [2.05, 4.69) is 5.32 Å². The summed E-state index contributed by atoms with van der Waals surface area (Å²) in [6, 6.07) is -2.10. The van der Waals surface area contributed by atoms with Crippen LogP contribution >= 0.6 is 0 Å². The number of nitrogens with zero attached hydrogens (tertiary/aromatic N) is 2. The van der Waals surface area contributed by atoms with Crippen molar-refractivity contribution in [1.29, 1.82) is 0 Å². The third kappa shape index (κ3) is 4.95. The molecule has 134 valence electrons. The number of carboxylic acid groups (broad SMARTS) is 2. The van der Waals surface area contributed by atoms with Crippen LogP contribution in [0.3, 0.4) is 0 Å². The fraction of sp³-hybridized carbons (Fsp3) is 0.688. The van der Waals surface area contributed by atoms with Gasteiger partial charge >= 0.3 is 17.6 Å². The highest BCUT2D eigenvalue weighted by Crippen LogP contribution is 2.29.